The molecule has 1 aliphatic heterocycles. The van der Waals surface area contributed by atoms with Gasteiger partial charge in [-0.2, -0.15) is 0 Å². The SMILES string of the molecule is CC(=O)C1CCCCN1C(C)C(=O)NCC(C)C. The van der Waals surface area contributed by atoms with Gasteiger partial charge >= 0.3 is 0 Å². The Morgan fingerprint density at radius 2 is 1.94 bits per heavy atom. The van der Waals surface area contributed by atoms with Gasteiger partial charge in [-0.15, -0.1) is 0 Å². The van der Waals surface area contributed by atoms with Gasteiger partial charge in [0.25, 0.3) is 0 Å². The molecule has 0 spiro atoms. The van der Waals surface area contributed by atoms with Crippen molar-refractivity contribution in [2.24, 2.45) is 5.92 Å². The number of carbonyl (C=O) groups excluding carboxylic acids is 2. The van der Waals surface area contributed by atoms with E-state index in [1.807, 2.05) is 6.92 Å². The highest BCUT2D eigenvalue weighted by atomic mass is 16.2. The molecule has 4 heteroatoms. The number of hydrogen-bond acceptors (Lipinski definition) is 3. The summed E-state index contributed by atoms with van der Waals surface area (Å²) in [7, 11) is 0. The average Bonchev–Trinajstić information content (AvgIpc) is 2.34. The molecule has 4 nitrogen and oxygen atoms in total. The van der Waals surface area contributed by atoms with Gasteiger partial charge in [0.15, 0.2) is 0 Å². The smallest absolute Gasteiger partial charge is 0.237 e. The molecular formula is C14H26N2O2. The third-order valence-corrected chi connectivity index (χ3v) is 3.57. The molecule has 0 aromatic carbocycles. The first-order chi connectivity index (χ1) is 8.43. The highest BCUT2D eigenvalue weighted by Gasteiger charge is 2.32. The Kier molecular flexibility index (Phi) is 5.79. The Hall–Kier alpha value is -0.900. The van der Waals surface area contributed by atoms with E-state index in [9.17, 15) is 9.59 Å². The summed E-state index contributed by atoms with van der Waals surface area (Å²) < 4.78 is 0. The van der Waals surface area contributed by atoms with E-state index in [-0.39, 0.29) is 23.8 Å². The predicted molar refractivity (Wildman–Crippen MR) is 72.3 cm³/mol. The number of nitrogens with zero attached hydrogens (tertiary/aromatic N) is 1. The van der Waals surface area contributed by atoms with E-state index in [0.29, 0.717) is 12.5 Å². The van der Waals surface area contributed by atoms with Crippen LogP contribution >= 0.6 is 0 Å². The first-order valence-electron chi connectivity index (χ1n) is 6.97. The largest absolute Gasteiger partial charge is 0.354 e. The lowest BCUT2D eigenvalue weighted by atomic mass is 9.97. The Balaban J connectivity index is 2.59. The quantitative estimate of drug-likeness (QED) is 0.810. The van der Waals surface area contributed by atoms with Crippen LogP contribution < -0.4 is 5.32 Å². The minimum absolute atomic E-state index is 0.0388. The molecule has 2 atom stereocenters. The van der Waals surface area contributed by atoms with Gasteiger partial charge in [0.1, 0.15) is 5.78 Å². The number of carbonyl (C=O) groups is 2. The third-order valence-electron chi connectivity index (χ3n) is 3.57. The number of likely N-dealkylation sites (tertiary alicyclic amines) is 1. The molecule has 0 aliphatic carbocycles. The summed E-state index contributed by atoms with van der Waals surface area (Å²) in [6.07, 6.45) is 3.05. The van der Waals surface area contributed by atoms with Crippen LogP contribution in [0.1, 0.15) is 47.0 Å². The van der Waals surface area contributed by atoms with Crippen molar-refractivity contribution in [3.63, 3.8) is 0 Å². The number of amides is 1. The molecule has 1 N–H and O–H groups in total. The van der Waals surface area contributed by atoms with Crippen LogP contribution in [-0.2, 0) is 9.59 Å². The molecule has 104 valence electrons. The number of hydrogen-bond donors (Lipinski definition) is 1. The van der Waals surface area contributed by atoms with Crippen LogP contribution in [0.2, 0.25) is 0 Å². The molecule has 1 aliphatic rings. The van der Waals surface area contributed by atoms with E-state index in [1.165, 1.54) is 0 Å². The maximum Gasteiger partial charge on any atom is 0.237 e. The van der Waals surface area contributed by atoms with Gasteiger partial charge < -0.3 is 5.32 Å². The molecule has 0 bridgehead atoms. The molecule has 1 fully saturated rings. The molecule has 18 heavy (non-hydrogen) atoms. The lowest BCUT2D eigenvalue weighted by Gasteiger charge is -2.37. The summed E-state index contributed by atoms with van der Waals surface area (Å²) in [4.78, 5) is 25.7. The number of rotatable bonds is 5. The third kappa shape index (κ3) is 4.09. The predicted octanol–water partition coefficient (Wildman–Crippen LogP) is 1.59. The molecular weight excluding hydrogens is 228 g/mol. The van der Waals surface area contributed by atoms with Crippen LogP contribution in [0.25, 0.3) is 0 Å². The zero-order valence-electron chi connectivity index (χ0n) is 12.0. The maximum absolute atomic E-state index is 12.1. The molecule has 1 rings (SSSR count). The molecule has 1 saturated heterocycles. The van der Waals surface area contributed by atoms with E-state index in [0.717, 1.165) is 25.8 Å². The van der Waals surface area contributed by atoms with Crippen LogP contribution in [0.5, 0.6) is 0 Å². The first-order valence-corrected chi connectivity index (χ1v) is 6.97. The van der Waals surface area contributed by atoms with Gasteiger partial charge in [-0.3, -0.25) is 14.5 Å². The number of nitrogens with one attached hydrogen (secondary N) is 1. The van der Waals surface area contributed by atoms with Gasteiger partial charge in [0.2, 0.25) is 5.91 Å². The molecule has 0 aromatic rings. The minimum Gasteiger partial charge on any atom is -0.354 e. The lowest BCUT2D eigenvalue weighted by molar-refractivity contribution is -0.131. The van der Waals surface area contributed by atoms with Gasteiger partial charge in [-0.05, 0) is 39.2 Å². The van der Waals surface area contributed by atoms with Crippen molar-refractivity contribution in [3.8, 4) is 0 Å². The monoisotopic (exact) mass is 254 g/mol. The van der Waals surface area contributed by atoms with Crippen molar-refractivity contribution < 1.29 is 9.59 Å². The summed E-state index contributed by atoms with van der Waals surface area (Å²) in [5.74, 6) is 0.668. The summed E-state index contributed by atoms with van der Waals surface area (Å²) >= 11 is 0. The molecule has 1 heterocycles. The fraction of sp³-hybridized carbons (Fsp3) is 0.857. The number of ketones is 1. The lowest BCUT2D eigenvalue weighted by Crippen LogP contribution is -2.54. The van der Waals surface area contributed by atoms with Gasteiger partial charge in [0.05, 0.1) is 12.1 Å². The normalized spacial score (nSPS) is 22.8. The van der Waals surface area contributed by atoms with Crippen LogP contribution in [0.3, 0.4) is 0 Å². The Morgan fingerprint density at radius 1 is 1.28 bits per heavy atom. The Morgan fingerprint density at radius 3 is 2.50 bits per heavy atom. The van der Waals surface area contributed by atoms with Gasteiger partial charge in [-0.1, -0.05) is 20.3 Å². The molecule has 1 amide bonds. The molecule has 0 saturated carbocycles. The van der Waals surface area contributed by atoms with Gasteiger partial charge in [-0.25, -0.2) is 0 Å². The Bertz CT molecular complexity index is 302. The topological polar surface area (TPSA) is 49.4 Å². The second-order valence-electron chi connectivity index (χ2n) is 5.68. The standard InChI is InChI=1S/C14H26N2O2/c1-10(2)9-15-14(18)11(3)16-8-6-5-7-13(16)12(4)17/h10-11,13H,5-9H2,1-4H3,(H,15,18). The highest BCUT2D eigenvalue weighted by Crippen LogP contribution is 2.20. The molecule has 0 radical (unpaired) electrons. The van der Waals surface area contributed by atoms with Crippen LogP contribution in [0, 0.1) is 5.92 Å². The Labute approximate surface area is 110 Å². The fourth-order valence-electron chi connectivity index (χ4n) is 2.46. The highest BCUT2D eigenvalue weighted by molar-refractivity contribution is 5.85. The summed E-state index contributed by atoms with van der Waals surface area (Å²) in [6.45, 7) is 9.22. The van der Waals surface area contributed by atoms with Crippen molar-refractivity contribution in [2.45, 2.75) is 59.0 Å². The second kappa shape index (κ2) is 6.88. The molecule has 0 aromatic heterocycles. The minimum atomic E-state index is -0.210. The van der Waals surface area contributed by atoms with E-state index in [2.05, 4.69) is 24.1 Å². The zero-order valence-corrected chi connectivity index (χ0v) is 12.0. The number of Topliss-reactive ketones (excluding diaryl/α,β-unsaturated/α-hetero) is 1. The summed E-state index contributed by atoms with van der Waals surface area (Å²) in [5, 5.41) is 2.95. The first kappa shape index (κ1) is 15.2. The van der Waals surface area contributed by atoms with Crippen molar-refractivity contribution >= 4 is 11.7 Å². The van der Waals surface area contributed by atoms with Crippen molar-refractivity contribution in [1.82, 2.24) is 10.2 Å². The van der Waals surface area contributed by atoms with Gasteiger partial charge in [0, 0.05) is 6.54 Å². The summed E-state index contributed by atoms with van der Waals surface area (Å²) in [6, 6.07) is -0.281. The van der Waals surface area contributed by atoms with Crippen molar-refractivity contribution in [1.29, 1.82) is 0 Å². The van der Waals surface area contributed by atoms with E-state index >= 15 is 0 Å². The second-order valence-corrected chi connectivity index (χ2v) is 5.68. The molecule has 2 unspecified atom stereocenters. The zero-order chi connectivity index (χ0) is 13.7. The van der Waals surface area contributed by atoms with Crippen molar-refractivity contribution in [2.75, 3.05) is 13.1 Å². The van der Waals surface area contributed by atoms with E-state index < -0.39 is 0 Å². The number of piperidine rings is 1. The maximum atomic E-state index is 12.1. The van der Waals surface area contributed by atoms with E-state index in [1.54, 1.807) is 6.92 Å². The summed E-state index contributed by atoms with van der Waals surface area (Å²) in [5.41, 5.74) is 0. The fourth-order valence-corrected chi connectivity index (χ4v) is 2.46. The van der Waals surface area contributed by atoms with Crippen LogP contribution in [0.4, 0.5) is 0 Å². The van der Waals surface area contributed by atoms with Crippen LogP contribution in [-0.4, -0.2) is 41.8 Å². The van der Waals surface area contributed by atoms with E-state index in [4.69, 9.17) is 0 Å². The average molecular weight is 254 g/mol. The van der Waals surface area contributed by atoms with Crippen molar-refractivity contribution in [3.05, 3.63) is 0 Å². The van der Waals surface area contributed by atoms with Crippen LogP contribution in [0.15, 0.2) is 0 Å².